The number of hydrogen-bond donors (Lipinski definition) is 2. The van der Waals surface area contributed by atoms with E-state index in [0.29, 0.717) is 17.1 Å². The lowest BCUT2D eigenvalue weighted by Crippen LogP contribution is -1.93. The Kier molecular flexibility index (Phi) is 2.72. The highest BCUT2D eigenvalue weighted by molar-refractivity contribution is 5.63. The van der Waals surface area contributed by atoms with Gasteiger partial charge in [0, 0.05) is 23.1 Å². The van der Waals surface area contributed by atoms with Crippen LogP contribution in [0, 0.1) is 11.6 Å². The zero-order valence-electron chi connectivity index (χ0n) is 8.37. The van der Waals surface area contributed by atoms with Crippen molar-refractivity contribution in [2.24, 2.45) is 0 Å². The van der Waals surface area contributed by atoms with Crippen LogP contribution >= 0.6 is 0 Å². The topological polar surface area (TPSA) is 38.0 Å². The molecule has 82 valence electrons. The number of halogens is 2. The third-order valence-corrected chi connectivity index (χ3v) is 2.04. The third kappa shape index (κ3) is 2.48. The molecule has 16 heavy (non-hydrogen) atoms. The second-order valence-electron chi connectivity index (χ2n) is 3.41. The normalized spacial score (nSPS) is 10.1. The monoisotopic (exact) mass is 220 g/mol. The van der Waals surface area contributed by atoms with Gasteiger partial charge in [0.1, 0.15) is 11.6 Å². The fourth-order valence-corrected chi connectivity index (χ4v) is 1.41. The predicted octanol–water partition coefficient (Wildman–Crippen LogP) is 3.29. The Morgan fingerprint density at radius 2 is 1.56 bits per heavy atom. The van der Waals surface area contributed by atoms with E-state index in [1.54, 1.807) is 24.3 Å². The fraction of sp³-hybridized carbons (Fsp3) is 0. The lowest BCUT2D eigenvalue weighted by molar-refractivity contribution is 0.584. The average Bonchev–Trinajstić information content (AvgIpc) is 2.15. The number of hydrogen-bond acceptors (Lipinski definition) is 2. The van der Waals surface area contributed by atoms with Crippen molar-refractivity contribution in [2.75, 3.05) is 11.1 Å². The van der Waals surface area contributed by atoms with Gasteiger partial charge in [0.2, 0.25) is 0 Å². The van der Waals surface area contributed by atoms with Gasteiger partial charge in [-0.05, 0) is 30.3 Å². The molecular weight excluding hydrogens is 210 g/mol. The Labute approximate surface area is 91.7 Å². The molecule has 0 bridgehead atoms. The van der Waals surface area contributed by atoms with Crippen LogP contribution in [0.25, 0.3) is 0 Å². The van der Waals surface area contributed by atoms with E-state index < -0.39 is 11.6 Å². The Bertz CT molecular complexity index is 492. The van der Waals surface area contributed by atoms with E-state index in [9.17, 15) is 8.78 Å². The molecule has 0 aliphatic carbocycles. The first-order valence-electron chi connectivity index (χ1n) is 4.72. The molecular formula is C12H10F2N2. The number of nitrogen functional groups attached to an aromatic ring is 1. The molecule has 0 heterocycles. The van der Waals surface area contributed by atoms with Crippen LogP contribution in [0.1, 0.15) is 0 Å². The molecule has 0 fully saturated rings. The van der Waals surface area contributed by atoms with E-state index in [2.05, 4.69) is 5.32 Å². The van der Waals surface area contributed by atoms with E-state index in [4.69, 9.17) is 5.73 Å². The van der Waals surface area contributed by atoms with E-state index in [-0.39, 0.29) is 0 Å². The fourth-order valence-electron chi connectivity index (χ4n) is 1.41. The highest BCUT2D eigenvalue weighted by Gasteiger charge is 2.00. The van der Waals surface area contributed by atoms with Crippen molar-refractivity contribution in [1.29, 1.82) is 0 Å². The molecule has 0 spiro atoms. The maximum absolute atomic E-state index is 12.9. The van der Waals surface area contributed by atoms with E-state index >= 15 is 0 Å². The number of nitrogens with one attached hydrogen (secondary N) is 1. The molecule has 2 aromatic carbocycles. The molecule has 0 unspecified atom stereocenters. The van der Waals surface area contributed by atoms with Gasteiger partial charge in [0.15, 0.2) is 0 Å². The maximum atomic E-state index is 12.9. The second kappa shape index (κ2) is 4.18. The minimum absolute atomic E-state index is 0.350. The first kappa shape index (κ1) is 10.4. The van der Waals surface area contributed by atoms with Gasteiger partial charge in [-0.3, -0.25) is 0 Å². The van der Waals surface area contributed by atoms with Crippen molar-refractivity contribution in [3.63, 3.8) is 0 Å². The van der Waals surface area contributed by atoms with Gasteiger partial charge in [-0.15, -0.1) is 0 Å². The van der Waals surface area contributed by atoms with E-state index in [1.807, 2.05) is 0 Å². The molecule has 0 radical (unpaired) electrons. The van der Waals surface area contributed by atoms with Crippen molar-refractivity contribution >= 4 is 17.1 Å². The molecule has 0 aliphatic rings. The van der Waals surface area contributed by atoms with Crippen molar-refractivity contribution in [1.82, 2.24) is 0 Å². The maximum Gasteiger partial charge on any atom is 0.128 e. The Hall–Kier alpha value is -2.10. The quantitative estimate of drug-likeness (QED) is 0.762. The largest absolute Gasteiger partial charge is 0.399 e. The van der Waals surface area contributed by atoms with Gasteiger partial charge in [0.05, 0.1) is 0 Å². The first-order chi connectivity index (χ1) is 7.63. The van der Waals surface area contributed by atoms with Gasteiger partial charge >= 0.3 is 0 Å². The van der Waals surface area contributed by atoms with Crippen molar-refractivity contribution in [2.45, 2.75) is 0 Å². The van der Waals surface area contributed by atoms with Crippen LogP contribution < -0.4 is 11.1 Å². The summed E-state index contributed by atoms with van der Waals surface area (Å²) in [7, 11) is 0. The van der Waals surface area contributed by atoms with Gasteiger partial charge in [-0.2, -0.15) is 0 Å². The summed E-state index contributed by atoms with van der Waals surface area (Å²) in [6.07, 6.45) is 0. The molecule has 2 aromatic rings. The van der Waals surface area contributed by atoms with Crippen LogP contribution in [0.4, 0.5) is 25.8 Å². The summed E-state index contributed by atoms with van der Waals surface area (Å²) in [6, 6.07) is 10.2. The summed E-state index contributed by atoms with van der Waals surface area (Å²) in [4.78, 5) is 0. The molecule has 0 aliphatic heterocycles. The number of nitrogens with two attached hydrogens (primary N) is 1. The minimum atomic E-state index is -0.619. The van der Waals surface area contributed by atoms with Gasteiger partial charge < -0.3 is 11.1 Å². The second-order valence-corrected chi connectivity index (χ2v) is 3.41. The number of rotatable bonds is 2. The molecule has 0 aromatic heterocycles. The van der Waals surface area contributed by atoms with Crippen LogP contribution in [0.15, 0.2) is 42.5 Å². The molecule has 0 saturated carbocycles. The lowest BCUT2D eigenvalue weighted by atomic mass is 10.2. The van der Waals surface area contributed by atoms with E-state index in [1.165, 1.54) is 12.1 Å². The van der Waals surface area contributed by atoms with Crippen molar-refractivity contribution in [3.8, 4) is 0 Å². The highest BCUT2D eigenvalue weighted by Crippen LogP contribution is 2.20. The Balaban J connectivity index is 2.27. The SMILES string of the molecule is Nc1cccc(Nc2cc(F)cc(F)c2)c1. The molecule has 2 nitrogen and oxygen atoms in total. The van der Waals surface area contributed by atoms with Crippen molar-refractivity contribution in [3.05, 3.63) is 54.1 Å². The summed E-state index contributed by atoms with van der Waals surface area (Å²) < 4.78 is 25.8. The first-order valence-corrected chi connectivity index (χ1v) is 4.72. The van der Waals surface area contributed by atoms with Crippen LogP contribution in [0.2, 0.25) is 0 Å². The number of benzene rings is 2. The lowest BCUT2D eigenvalue weighted by Gasteiger charge is -2.07. The Morgan fingerprint density at radius 3 is 2.19 bits per heavy atom. The summed E-state index contributed by atoms with van der Waals surface area (Å²) in [5, 5.41) is 2.87. The van der Waals surface area contributed by atoms with Gasteiger partial charge in [-0.25, -0.2) is 8.78 Å². The van der Waals surface area contributed by atoms with Gasteiger partial charge in [-0.1, -0.05) is 6.07 Å². The van der Waals surface area contributed by atoms with Crippen LogP contribution in [-0.4, -0.2) is 0 Å². The number of anilines is 3. The minimum Gasteiger partial charge on any atom is -0.399 e. The van der Waals surface area contributed by atoms with Crippen LogP contribution in [0.3, 0.4) is 0 Å². The zero-order valence-corrected chi connectivity index (χ0v) is 8.37. The molecule has 2 rings (SSSR count). The summed E-state index contributed by atoms with van der Waals surface area (Å²) in [6.45, 7) is 0. The summed E-state index contributed by atoms with van der Waals surface area (Å²) >= 11 is 0. The smallest absolute Gasteiger partial charge is 0.128 e. The van der Waals surface area contributed by atoms with Crippen LogP contribution in [-0.2, 0) is 0 Å². The van der Waals surface area contributed by atoms with Crippen molar-refractivity contribution < 1.29 is 8.78 Å². The molecule has 4 heteroatoms. The predicted molar refractivity (Wildman–Crippen MR) is 60.5 cm³/mol. The van der Waals surface area contributed by atoms with Gasteiger partial charge in [0.25, 0.3) is 0 Å². The Morgan fingerprint density at radius 1 is 0.875 bits per heavy atom. The molecule has 0 atom stereocenters. The molecule has 0 saturated heterocycles. The third-order valence-electron chi connectivity index (χ3n) is 2.04. The highest BCUT2D eigenvalue weighted by atomic mass is 19.1. The standard InChI is InChI=1S/C12H10F2N2/c13-8-4-9(14)6-12(5-8)16-11-3-1-2-10(15)7-11/h1-7,16H,15H2. The zero-order chi connectivity index (χ0) is 11.5. The summed E-state index contributed by atoms with van der Waals surface area (Å²) in [5.74, 6) is -1.24. The summed E-state index contributed by atoms with van der Waals surface area (Å²) in [5.41, 5.74) is 7.20. The average molecular weight is 220 g/mol. The molecule has 0 amide bonds. The molecule has 3 N–H and O–H groups in total. The van der Waals surface area contributed by atoms with E-state index in [0.717, 1.165) is 6.07 Å². The van der Waals surface area contributed by atoms with Crippen LogP contribution in [0.5, 0.6) is 0 Å².